The highest BCUT2D eigenvalue weighted by atomic mass is 32.2. The topological polar surface area (TPSA) is 102 Å². The number of nitrogens with zero attached hydrogens (tertiary/aromatic N) is 2. The highest BCUT2D eigenvalue weighted by Crippen LogP contribution is 2.19. The number of thioether (sulfide) groups is 1. The van der Waals surface area contributed by atoms with Gasteiger partial charge in [-0.2, -0.15) is 0 Å². The maximum atomic E-state index is 13.1. The van der Waals surface area contributed by atoms with Crippen LogP contribution in [-0.4, -0.2) is 46.6 Å². The van der Waals surface area contributed by atoms with Crippen molar-refractivity contribution in [1.82, 2.24) is 10.2 Å². The van der Waals surface area contributed by atoms with Crippen molar-refractivity contribution < 1.29 is 19.2 Å². The molecule has 33 heavy (non-hydrogen) atoms. The summed E-state index contributed by atoms with van der Waals surface area (Å²) in [4.78, 5) is 37.8. The molecule has 0 saturated heterocycles. The molecule has 2 amide bonds. The predicted molar refractivity (Wildman–Crippen MR) is 130 cm³/mol. The minimum atomic E-state index is -0.631. The lowest BCUT2D eigenvalue weighted by atomic mass is 10.1. The molecule has 0 fully saturated rings. The van der Waals surface area contributed by atoms with Crippen LogP contribution in [0.2, 0.25) is 0 Å². The number of nitrogens with one attached hydrogen (secondary N) is 1. The van der Waals surface area contributed by atoms with Gasteiger partial charge in [-0.15, -0.1) is 11.8 Å². The van der Waals surface area contributed by atoms with Gasteiger partial charge in [-0.1, -0.05) is 31.2 Å². The van der Waals surface area contributed by atoms with E-state index in [1.54, 1.807) is 31.1 Å². The molecule has 0 saturated carbocycles. The Morgan fingerprint density at radius 2 is 1.70 bits per heavy atom. The summed E-state index contributed by atoms with van der Waals surface area (Å²) >= 11 is 1.41. The van der Waals surface area contributed by atoms with E-state index in [2.05, 4.69) is 5.32 Å². The van der Waals surface area contributed by atoms with Crippen LogP contribution in [0.4, 0.5) is 5.69 Å². The molecule has 0 bridgehead atoms. The van der Waals surface area contributed by atoms with Crippen LogP contribution in [0.25, 0.3) is 0 Å². The molecule has 178 valence electrons. The number of nitro benzene ring substituents is 1. The van der Waals surface area contributed by atoms with E-state index in [0.29, 0.717) is 12.3 Å². The van der Waals surface area contributed by atoms with Gasteiger partial charge in [-0.25, -0.2) is 0 Å². The summed E-state index contributed by atoms with van der Waals surface area (Å²) in [6, 6.07) is 13.1. The van der Waals surface area contributed by atoms with Gasteiger partial charge in [-0.3, -0.25) is 19.7 Å². The predicted octanol–water partition coefficient (Wildman–Crippen LogP) is 4.17. The number of methoxy groups -OCH3 is 1. The summed E-state index contributed by atoms with van der Waals surface area (Å²) in [5.41, 5.74) is 1.82. The molecule has 0 heterocycles. The van der Waals surface area contributed by atoms with Crippen molar-refractivity contribution in [2.75, 3.05) is 12.9 Å². The molecular formula is C24H31N3O5S. The Kier molecular flexibility index (Phi) is 10.2. The number of rotatable bonds is 12. The summed E-state index contributed by atoms with van der Waals surface area (Å²) < 4.78 is 5.19. The third-order valence-corrected chi connectivity index (χ3v) is 6.31. The Balaban J connectivity index is 2.07. The van der Waals surface area contributed by atoms with E-state index in [4.69, 9.17) is 4.74 Å². The van der Waals surface area contributed by atoms with Crippen LogP contribution in [0.1, 0.15) is 38.3 Å². The fourth-order valence-corrected chi connectivity index (χ4v) is 3.90. The number of nitro groups is 1. The minimum Gasteiger partial charge on any atom is -0.497 e. The molecule has 0 radical (unpaired) electrons. The molecule has 2 rings (SSSR count). The molecule has 0 aliphatic carbocycles. The molecule has 9 heteroatoms. The van der Waals surface area contributed by atoms with Crippen LogP contribution in [-0.2, 0) is 21.9 Å². The van der Waals surface area contributed by atoms with Gasteiger partial charge in [0.15, 0.2) is 0 Å². The summed E-state index contributed by atoms with van der Waals surface area (Å²) in [6.07, 6.45) is 0.802. The van der Waals surface area contributed by atoms with Crippen molar-refractivity contribution in [1.29, 1.82) is 0 Å². The number of carbonyl (C=O) groups is 2. The second-order valence-electron chi connectivity index (χ2n) is 7.78. The Labute approximate surface area is 198 Å². The zero-order valence-corrected chi connectivity index (χ0v) is 20.3. The van der Waals surface area contributed by atoms with Gasteiger partial charge in [0.1, 0.15) is 11.8 Å². The van der Waals surface area contributed by atoms with Crippen molar-refractivity contribution >= 4 is 29.3 Å². The van der Waals surface area contributed by atoms with E-state index in [1.165, 1.54) is 23.9 Å². The third-order valence-electron chi connectivity index (χ3n) is 5.32. The van der Waals surface area contributed by atoms with E-state index in [9.17, 15) is 19.7 Å². The molecule has 0 aromatic heterocycles. The van der Waals surface area contributed by atoms with Crippen LogP contribution in [0, 0.1) is 10.1 Å². The number of benzene rings is 2. The highest BCUT2D eigenvalue weighted by Gasteiger charge is 2.26. The van der Waals surface area contributed by atoms with Crippen molar-refractivity contribution in [2.24, 2.45) is 0 Å². The summed E-state index contributed by atoms with van der Waals surface area (Å²) in [5, 5.41) is 13.7. The van der Waals surface area contributed by atoms with Crippen molar-refractivity contribution in [3.8, 4) is 5.75 Å². The van der Waals surface area contributed by atoms with Crippen molar-refractivity contribution in [2.45, 2.75) is 51.6 Å². The lowest BCUT2D eigenvalue weighted by Gasteiger charge is -2.29. The normalized spacial score (nSPS) is 12.5. The van der Waals surface area contributed by atoms with Crippen LogP contribution < -0.4 is 10.1 Å². The van der Waals surface area contributed by atoms with Gasteiger partial charge in [0.25, 0.3) is 5.69 Å². The quantitative estimate of drug-likeness (QED) is 0.367. The van der Waals surface area contributed by atoms with E-state index >= 15 is 0 Å². The van der Waals surface area contributed by atoms with Gasteiger partial charge < -0.3 is 15.0 Å². The number of ether oxygens (including phenoxy) is 1. The fraction of sp³-hybridized carbons (Fsp3) is 0.417. The minimum absolute atomic E-state index is 0.0226. The number of non-ortho nitro benzene ring substituents is 1. The Morgan fingerprint density at radius 1 is 1.09 bits per heavy atom. The van der Waals surface area contributed by atoms with E-state index in [1.807, 2.05) is 38.1 Å². The highest BCUT2D eigenvalue weighted by molar-refractivity contribution is 7.99. The second kappa shape index (κ2) is 12.8. The number of hydrogen-bond acceptors (Lipinski definition) is 6. The maximum Gasteiger partial charge on any atom is 0.269 e. The molecule has 2 aromatic carbocycles. The van der Waals surface area contributed by atoms with Gasteiger partial charge in [-0.05, 0) is 43.5 Å². The Morgan fingerprint density at radius 3 is 2.24 bits per heavy atom. The van der Waals surface area contributed by atoms with Crippen molar-refractivity contribution in [3.05, 3.63) is 69.8 Å². The summed E-state index contributed by atoms with van der Waals surface area (Å²) in [6.45, 7) is 5.96. The molecule has 2 atom stereocenters. The van der Waals surface area contributed by atoms with Crippen LogP contribution >= 0.6 is 11.8 Å². The zero-order valence-electron chi connectivity index (χ0n) is 19.4. The van der Waals surface area contributed by atoms with Gasteiger partial charge in [0.05, 0.1) is 17.8 Å². The van der Waals surface area contributed by atoms with E-state index < -0.39 is 11.0 Å². The molecule has 0 unspecified atom stereocenters. The SMILES string of the molecule is CC[C@@H](C)NC(=O)[C@@H](C)N(Cc1ccc(OC)cc1)C(=O)CSCc1ccc([N+](=O)[O-])cc1. The smallest absolute Gasteiger partial charge is 0.269 e. The third kappa shape index (κ3) is 8.09. The molecule has 1 N–H and O–H groups in total. The van der Waals surface area contributed by atoms with Gasteiger partial charge in [0.2, 0.25) is 11.8 Å². The first kappa shape index (κ1) is 26.2. The van der Waals surface area contributed by atoms with Crippen LogP contribution in [0.15, 0.2) is 48.5 Å². The average molecular weight is 474 g/mol. The number of amides is 2. The largest absolute Gasteiger partial charge is 0.497 e. The molecule has 0 aliphatic rings. The first-order chi connectivity index (χ1) is 15.7. The lowest BCUT2D eigenvalue weighted by molar-refractivity contribution is -0.384. The first-order valence-electron chi connectivity index (χ1n) is 10.8. The fourth-order valence-electron chi connectivity index (χ4n) is 3.03. The number of carbonyl (C=O) groups excluding carboxylic acids is 2. The molecular weight excluding hydrogens is 442 g/mol. The number of hydrogen-bond donors (Lipinski definition) is 1. The lowest BCUT2D eigenvalue weighted by Crippen LogP contribution is -2.50. The molecule has 8 nitrogen and oxygen atoms in total. The van der Waals surface area contributed by atoms with E-state index in [0.717, 1.165) is 23.3 Å². The molecule has 2 aromatic rings. The standard InChI is InChI=1S/C24H31N3O5S/c1-5-17(2)25-24(29)18(3)26(14-19-8-12-22(32-4)13-9-19)23(28)16-33-15-20-6-10-21(11-7-20)27(30)31/h6-13,17-18H,5,14-16H2,1-4H3,(H,25,29)/t17-,18-/m1/s1. The monoisotopic (exact) mass is 473 g/mol. The Hall–Kier alpha value is -3.07. The van der Waals surface area contributed by atoms with Crippen LogP contribution in [0.3, 0.4) is 0 Å². The van der Waals surface area contributed by atoms with Gasteiger partial charge in [0, 0.05) is 30.5 Å². The second-order valence-corrected chi connectivity index (χ2v) is 8.77. The van der Waals surface area contributed by atoms with Crippen molar-refractivity contribution in [3.63, 3.8) is 0 Å². The molecule has 0 spiro atoms. The maximum absolute atomic E-state index is 13.1. The zero-order chi connectivity index (χ0) is 24.4. The van der Waals surface area contributed by atoms with E-state index in [-0.39, 0.29) is 29.3 Å². The summed E-state index contributed by atoms with van der Waals surface area (Å²) in [7, 11) is 1.59. The van der Waals surface area contributed by atoms with Crippen LogP contribution in [0.5, 0.6) is 5.75 Å². The molecule has 0 aliphatic heterocycles. The Bertz CT molecular complexity index is 934. The van der Waals surface area contributed by atoms with Gasteiger partial charge >= 0.3 is 0 Å². The summed E-state index contributed by atoms with van der Waals surface area (Å²) in [5.74, 6) is 1.11. The first-order valence-corrected chi connectivity index (χ1v) is 11.9. The average Bonchev–Trinajstić information content (AvgIpc) is 2.82.